The largest absolute Gasteiger partial charge is 0.378 e. The third kappa shape index (κ3) is 4.56. The maximum Gasteiger partial charge on any atom is 0.366 e. The molecule has 1 aromatic heterocycles. The maximum atomic E-state index is 13.5. The molecular weight excluding hydrogens is 430 g/mol. The molecule has 0 saturated carbocycles. The van der Waals surface area contributed by atoms with Crippen LogP contribution < -0.4 is 15.8 Å². The van der Waals surface area contributed by atoms with Crippen LogP contribution in [0.4, 0.5) is 11.4 Å². The van der Waals surface area contributed by atoms with Crippen LogP contribution >= 0.6 is 0 Å². The van der Waals surface area contributed by atoms with E-state index in [4.69, 9.17) is 4.52 Å². The Bertz CT molecular complexity index is 1390. The summed E-state index contributed by atoms with van der Waals surface area (Å²) >= 11 is 0. The highest BCUT2D eigenvalue weighted by Gasteiger charge is 2.38. The van der Waals surface area contributed by atoms with Gasteiger partial charge in [-0.3, -0.25) is 4.79 Å². The van der Waals surface area contributed by atoms with Gasteiger partial charge in [0.05, 0.1) is 11.1 Å². The van der Waals surface area contributed by atoms with Gasteiger partial charge in [-0.1, -0.05) is 47.1 Å². The van der Waals surface area contributed by atoms with Gasteiger partial charge in [0.1, 0.15) is 0 Å². The molecule has 0 spiro atoms. The number of aliphatic hydroxyl groups is 1. The number of benzene rings is 3. The van der Waals surface area contributed by atoms with E-state index in [2.05, 4.69) is 10.5 Å². The fourth-order valence-corrected chi connectivity index (χ4v) is 3.89. The van der Waals surface area contributed by atoms with Gasteiger partial charge in [0, 0.05) is 37.3 Å². The van der Waals surface area contributed by atoms with Crippen molar-refractivity contribution in [3.8, 4) is 0 Å². The van der Waals surface area contributed by atoms with Gasteiger partial charge in [-0.15, -0.1) is 0 Å². The lowest BCUT2D eigenvalue weighted by molar-refractivity contribution is -0.135. The van der Waals surface area contributed by atoms with E-state index in [1.165, 1.54) is 0 Å². The first-order valence-corrected chi connectivity index (χ1v) is 10.9. The Morgan fingerprint density at radius 3 is 2.32 bits per heavy atom. The highest BCUT2D eigenvalue weighted by atomic mass is 16.5. The molecule has 0 aliphatic carbocycles. The zero-order chi connectivity index (χ0) is 24.5. The Morgan fingerprint density at radius 1 is 1.00 bits per heavy atom. The smallest absolute Gasteiger partial charge is 0.366 e. The summed E-state index contributed by atoms with van der Waals surface area (Å²) in [7, 11) is 3.86. The first kappa shape index (κ1) is 23.2. The zero-order valence-corrected chi connectivity index (χ0v) is 19.6. The fraction of sp³-hybridized carbons (Fsp3) is 0.222. The summed E-state index contributed by atoms with van der Waals surface area (Å²) in [5, 5.41) is 19.3. The Kier molecular flexibility index (Phi) is 6.22. The number of nitrogens with one attached hydrogen (secondary N) is 1. The summed E-state index contributed by atoms with van der Waals surface area (Å²) in [5.41, 5.74) is 1.97. The highest BCUT2D eigenvalue weighted by molar-refractivity contribution is 6.00. The van der Waals surface area contributed by atoms with E-state index >= 15 is 0 Å². The van der Waals surface area contributed by atoms with Gasteiger partial charge in [-0.2, -0.15) is 0 Å². The molecule has 1 atom stereocenters. The van der Waals surface area contributed by atoms with Gasteiger partial charge >= 0.3 is 5.63 Å². The zero-order valence-electron chi connectivity index (χ0n) is 19.6. The van der Waals surface area contributed by atoms with E-state index < -0.39 is 17.1 Å². The number of carbonyl (C=O) groups is 1. The molecule has 4 rings (SSSR count). The summed E-state index contributed by atoms with van der Waals surface area (Å²) in [6, 6.07) is 19.8. The first-order valence-electron chi connectivity index (χ1n) is 10.9. The summed E-state index contributed by atoms with van der Waals surface area (Å²) in [5.74, 6) is -0.571. The van der Waals surface area contributed by atoms with E-state index in [0.717, 1.165) is 16.8 Å². The Morgan fingerprint density at radius 2 is 1.68 bits per heavy atom. The van der Waals surface area contributed by atoms with Crippen LogP contribution in [0.3, 0.4) is 0 Å². The minimum Gasteiger partial charge on any atom is -0.378 e. The molecule has 1 amide bonds. The van der Waals surface area contributed by atoms with Gasteiger partial charge < -0.3 is 19.8 Å². The Hall–Kier alpha value is -3.97. The van der Waals surface area contributed by atoms with Crippen molar-refractivity contribution in [2.45, 2.75) is 25.9 Å². The number of aryl methyl sites for hydroxylation is 2. The highest BCUT2D eigenvalue weighted by Crippen LogP contribution is 2.30. The number of nitrogens with zero attached hydrogens (tertiary/aromatic N) is 2. The Labute approximate surface area is 197 Å². The number of carbonyl (C=O) groups excluding carboxylic acids is 1. The minimum absolute atomic E-state index is 0.0954. The lowest BCUT2D eigenvalue weighted by Gasteiger charge is -2.28. The molecule has 0 aliphatic rings. The second-order valence-electron chi connectivity index (χ2n) is 8.73. The fourth-order valence-electron chi connectivity index (χ4n) is 3.89. The van der Waals surface area contributed by atoms with Crippen LogP contribution in [0.2, 0.25) is 0 Å². The number of hydrogen-bond donors (Lipinski definition) is 2. The van der Waals surface area contributed by atoms with Gasteiger partial charge in [0.25, 0.3) is 5.91 Å². The molecule has 0 saturated heterocycles. The summed E-state index contributed by atoms with van der Waals surface area (Å²) in [4.78, 5) is 27.4. The van der Waals surface area contributed by atoms with Crippen LogP contribution in [0, 0.1) is 13.8 Å². The molecule has 3 aromatic carbocycles. The van der Waals surface area contributed by atoms with Gasteiger partial charge in [-0.05, 0) is 55.3 Å². The number of rotatable bonds is 6. The monoisotopic (exact) mass is 457 g/mol. The normalized spacial score (nSPS) is 12.9. The number of amides is 1. The van der Waals surface area contributed by atoms with Crippen LogP contribution in [0.15, 0.2) is 76.0 Å². The summed E-state index contributed by atoms with van der Waals surface area (Å²) < 4.78 is 4.77. The molecule has 4 aromatic rings. The average molecular weight is 458 g/mol. The maximum absolute atomic E-state index is 13.5. The predicted molar refractivity (Wildman–Crippen MR) is 133 cm³/mol. The van der Waals surface area contributed by atoms with Crippen LogP contribution in [0.25, 0.3) is 10.8 Å². The molecule has 1 unspecified atom stereocenters. The van der Waals surface area contributed by atoms with Crippen molar-refractivity contribution in [1.82, 2.24) is 5.16 Å². The molecule has 0 fully saturated rings. The topological polar surface area (TPSA) is 95.7 Å². The minimum atomic E-state index is -1.82. The van der Waals surface area contributed by atoms with Crippen LogP contribution in [-0.4, -0.2) is 30.3 Å². The lowest BCUT2D eigenvalue weighted by Crippen LogP contribution is -2.42. The molecule has 0 aliphatic heterocycles. The van der Waals surface area contributed by atoms with E-state index in [9.17, 15) is 14.7 Å². The molecule has 7 heteroatoms. The molecule has 0 bridgehead atoms. The van der Waals surface area contributed by atoms with Crippen LogP contribution in [0.5, 0.6) is 0 Å². The van der Waals surface area contributed by atoms with Gasteiger partial charge in [-0.25, -0.2) is 4.79 Å². The van der Waals surface area contributed by atoms with Crippen molar-refractivity contribution in [3.05, 3.63) is 99.5 Å². The first-order chi connectivity index (χ1) is 16.2. The second kappa shape index (κ2) is 9.11. The number of hydrogen-bond acceptors (Lipinski definition) is 6. The molecule has 7 nitrogen and oxygen atoms in total. The average Bonchev–Trinajstić information content (AvgIpc) is 2.83. The third-order valence-electron chi connectivity index (χ3n) is 5.97. The van der Waals surface area contributed by atoms with Crippen molar-refractivity contribution in [2.75, 3.05) is 24.3 Å². The van der Waals surface area contributed by atoms with Gasteiger partial charge in [0.2, 0.25) is 0 Å². The molecule has 2 N–H and O–H groups in total. The van der Waals surface area contributed by atoms with Crippen LogP contribution in [0.1, 0.15) is 22.4 Å². The molecular formula is C27H27N3O4. The van der Waals surface area contributed by atoms with Crippen LogP contribution in [-0.2, 0) is 16.8 Å². The summed E-state index contributed by atoms with van der Waals surface area (Å²) in [6.45, 7) is 3.71. The number of fused-ring (bicyclic) bond motifs is 1. The van der Waals surface area contributed by atoms with E-state index in [-0.39, 0.29) is 6.42 Å². The quantitative estimate of drug-likeness (QED) is 0.455. The van der Waals surface area contributed by atoms with Crippen molar-refractivity contribution < 1.29 is 14.4 Å². The third-order valence-corrected chi connectivity index (χ3v) is 5.97. The Balaban J connectivity index is 1.72. The van der Waals surface area contributed by atoms with E-state index in [1.54, 1.807) is 37.3 Å². The van der Waals surface area contributed by atoms with Crippen molar-refractivity contribution in [3.63, 3.8) is 0 Å². The van der Waals surface area contributed by atoms with Crippen molar-refractivity contribution >= 4 is 28.1 Å². The molecule has 0 radical (unpaired) electrons. The van der Waals surface area contributed by atoms with Crippen molar-refractivity contribution in [1.29, 1.82) is 0 Å². The lowest BCUT2D eigenvalue weighted by atomic mass is 9.85. The summed E-state index contributed by atoms with van der Waals surface area (Å²) in [6.07, 6.45) is 0.0954. The van der Waals surface area contributed by atoms with E-state index in [1.807, 2.05) is 62.3 Å². The molecule has 34 heavy (non-hydrogen) atoms. The number of anilines is 2. The van der Waals surface area contributed by atoms with E-state index in [0.29, 0.717) is 27.7 Å². The standard InChI is InChI=1S/C27H27N3O4/c1-17-5-7-19(8-6-17)16-27(33,20-9-12-22(13-10-20)30(3)4)26(32)28-21-11-14-23-24(15-21)18(2)29-34-25(23)31/h5-15,33H,16H2,1-4H3,(H,28,32). The predicted octanol–water partition coefficient (Wildman–Crippen LogP) is 3.94. The second-order valence-corrected chi connectivity index (χ2v) is 8.73. The molecule has 174 valence electrons. The molecule has 1 heterocycles. The number of aromatic nitrogens is 1. The van der Waals surface area contributed by atoms with Gasteiger partial charge in [0.15, 0.2) is 5.60 Å². The SMILES string of the molecule is Cc1ccc(CC(O)(C(=O)Nc2ccc3c(=O)onc(C)c3c2)c2ccc(N(C)C)cc2)cc1. The van der Waals surface area contributed by atoms with Crippen molar-refractivity contribution in [2.24, 2.45) is 0 Å².